The quantitative estimate of drug-likeness (QED) is 0.166. The molecule has 4 atom stereocenters. The number of aryl methyl sites for hydroxylation is 2. The number of carbonyl (C=O) groups is 4. The molecule has 4 aliphatic rings. The maximum Gasteiger partial charge on any atom is 0.255 e. The third-order valence-corrected chi connectivity index (χ3v) is 13.4. The van der Waals surface area contributed by atoms with Gasteiger partial charge < -0.3 is 20.6 Å². The van der Waals surface area contributed by atoms with Crippen LogP contribution in [-0.4, -0.2) is 71.6 Å². The summed E-state index contributed by atoms with van der Waals surface area (Å²) in [6.07, 6.45) is 2.49. The monoisotopic (exact) mass is 761 g/mol. The average Bonchev–Trinajstić information content (AvgIpc) is 3.78. The number of anilines is 2. The maximum atomic E-state index is 14.0. The number of nitrogens with one attached hydrogen (secondary N) is 3. The van der Waals surface area contributed by atoms with Gasteiger partial charge in [0, 0.05) is 48.8 Å². The molecule has 13 heteroatoms. The van der Waals surface area contributed by atoms with Crippen LogP contribution in [0, 0.1) is 12.8 Å². The highest BCUT2D eigenvalue weighted by atomic mass is 32.2. The van der Waals surface area contributed by atoms with Crippen LogP contribution >= 0.6 is 0 Å². The molecule has 0 saturated carbocycles. The summed E-state index contributed by atoms with van der Waals surface area (Å²) in [5.74, 6) is -1.26. The van der Waals surface area contributed by atoms with Crippen molar-refractivity contribution in [2.24, 2.45) is 5.92 Å². The van der Waals surface area contributed by atoms with Crippen LogP contribution in [-0.2, 0) is 37.4 Å². The van der Waals surface area contributed by atoms with Gasteiger partial charge in [-0.1, -0.05) is 48.0 Å². The Hall–Kier alpha value is -5.37. The first-order valence-electron chi connectivity index (χ1n) is 18.8. The van der Waals surface area contributed by atoms with Crippen molar-refractivity contribution in [1.29, 1.82) is 0 Å². The fourth-order valence-corrected chi connectivity index (χ4v) is 10.3. The van der Waals surface area contributed by atoms with Crippen LogP contribution in [0.4, 0.5) is 11.4 Å². The fraction of sp³-hybridized carbons (Fsp3) is 0.333. The number of amides is 4. The molecule has 1 unspecified atom stereocenters. The Labute approximate surface area is 320 Å². The molecule has 4 aliphatic heterocycles. The summed E-state index contributed by atoms with van der Waals surface area (Å²) in [5.41, 5.74) is 7.35. The first-order valence-corrected chi connectivity index (χ1v) is 20.2. The Morgan fingerprint density at radius 3 is 2.51 bits per heavy atom. The first kappa shape index (κ1) is 36.6. The minimum Gasteiger partial charge on any atom is -0.394 e. The number of benzene rings is 4. The molecule has 284 valence electrons. The van der Waals surface area contributed by atoms with E-state index in [0.29, 0.717) is 50.0 Å². The number of nitrogens with zero attached hydrogens (tertiary/aromatic N) is 2. The Morgan fingerprint density at radius 1 is 0.945 bits per heavy atom. The second kappa shape index (κ2) is 14.7. The number of hydrogen-bond donors (Lipinski definition) is 4. The number of fused-ring (bicyclic) bond motifs is 4. The summed E-state index contributed by atoms with van der Waals surface area (Å²) in [4.78, 5) is 52.3. The van der Waals surface area contributed by atoms with Gasteiger partial charge in [-0.05, 0) is 103 Å². The Balaban J connectivity index is 0.948. The molecule has 4 aromatic rings. The first-order chi connectivity index (χ1) is 26.5. The van der Waals surface area contributed by atoms with Crippen molar-refractivity contribution < 1.29 is 32.7 Å². The number of imide groups is 1. The van der Waals surface area contributed by atoms with Crippen LogP contribution in [0.15, 0.2) is 89.8 Å². The van der Waals surface area contributed by atoms with Gasteiger partial charge in [0.15, 0.2) is 0 Å². The molecule has 0 radical (unpaired) electrons. The largest absolute Gasteiger partial charge is 0.394 e. The van der Waals surface area contributed by atoms with Gasteiger partial charge in [0.1, 0.15) is 6.04 Å². The smallest absolute Gasteiger partial charge is 0.255 e. The molecule has 2 fully saturated rings. The molecule has 55 heavy (non-hydrogen) atoms. The average molecular weight is 762 g/mol. The molecular formula is C42H43N5O7S. The van der Waals surface area contributed by atoms with E-state index in [9.17, 15) is 32.7 Å². The summed E-state index contributed by atoms with van der Waals surface area (Å²) in [6, 6.07) is 24.5. The molecule has 2 saturated heterocycles. The van der Waals surface area contributed by atoms with Gasteiger partial charge in [-0.3, -0.25) is 24.5 Å². The molecule has 0 spiro atoms. The summed E-state index contributed by atoms with van der Waals surface area (Å²) >= 11 is 0. The molecule has 4 N–H and O–H groups in total. The highest BCUT2D eigenvalue weighted by molar-refractivity contribution is 7.89. The minimum atomic E-state index is -3.81. The minimum absolute atomic E-state index is 0.111. The highest BCUT2D eigenvalue weighted by Gasteiger charge is 2.48. The molecule has 0 aromatic heterocycles. The SMILES string of the molecule is Cc1ccc(S(=O)(=O)N2CC[C@@H]3[C@H](CO)Nc4ccc(-c5cccc(NC(=O)CCCc6cccc7c6CN(C6CCC(=O)NC6=O)C7=O)c5)cc4[C@@H]32)cc1. The van der Waals surface area contributed by atoms with Gasteiger partial charge in [-0.2, -0.15) is 4.31 Å². The Kier molecular flexibility index (Phi) is 9.78. The Bertz CT molecular complexity index is 2310. The van der Waals surface area contributed by atoms with Gasteiger partial charge in [-0.25, -0.2) is 8.42 Å². The second-order valence-corrected chi connectivity index (χ2v) is 16.8. The van der Waals surface area contributed by atoms with E-state index in [0.717, 1.165) is 39.1 Å². The van der Waals surface area contributed by atoms with Gasteiger partial charge in [-0.15, -0.1) is 0 Å². The van der Waals surface area contributed by atoms with E-state index >= 15 is 0 Å². The van der Waals surface area contributed by atoms with Gasteiger partial charge in [0.2, 0.25) is 27.7 Å². The van der Waals surface area contributed by atoms with E-state index in [1.165, 1.54) is 4.90 Å². The van der Waals surface area contributed by atoms with Crippen molar-refractivity contribution >= 4 is 45.0 Å². The lowest BCUT2D eigenvalue weighted by atomic mass is 9.82. The third kappa shape index (κ3) is 6.92. The lowest BCUT2D eigenvalue weighted by Crippen LogP contribution is -2.52. The molecule has 0 aliphatic carbocycles. The van der Waals surface area contributed by atoms with Crippen molar-refractivity contribution in [3.05, 3.63) is 113 Å². The van der Waals surface area contributed by atoms with Crippen molar-refractivity contribution in [1.82, 2.24) is 14.5 Å². The number of carbonyl (C=O) groups excluding carboxylic acids is 4. The van der Waals surface area contributed by atoms with Crippen LogP contribution < -0.4 is 16.0 Å². The highest BCUT2D eigenvalue weighted by Crippen LogP contribution is 2.49. The molecular weight excluding hydrogens is 719 g/mol. The van der Waals surface area contributed by atoms with E-state index in [4.69, 9.17) is 0 Å². The van der Waals surface area contributed by atoms with Crippen molar-refractivity contribution in [2.75, 3.05) is 23.8 Å². The lowest BCUT2D eigenvalue weighted by Gasteiger charge is -2.39. The normalized spacial score (nSPS) is 22.1. The molecule has 12 nitrogen and oxygen atoms in total. The zero-order valence-corrected chi connectivity index (χ0v) is 31.3. The molecule has 4 amide bonds. The maximum absolute atomic E-state index is 14.0. The third-order valence-electron chi connectivity index (χ3n) is 11.5. The summed E-state index contributed by atoms with van der Waals surface area (Å²) in [6.45, 7) is 2.44. The number of rotatable bonds is 10. The number of sulfonamides is 1. The van der Waals surface area contributed by atoms with Crippen LogP contribution in [0.25, 0.3) is 11.1 Å². The van der Waals surface area contributed by atoms with Gasteiger partial charge in [0.05, 0.1) is 23.6 Å². The van der Waals surface area contributed by atoms with E-state index < -0.39 is 28.0 Å². The second-order valence-electron chi connectivity index (χ2n) is 14.9. The zero-order chi connectivity index (χ0) is 38.4. The van der Waals surface area contributed by atoms with E-state index in [1.807, 2.05) is 61.5 Å². The summed E-state index contributed by atoms with van der Waals surface area (Å²) in [5, 5.41) is 19.1. The predicted molar refractivity (Wildman–Crippen MR) is 206 cm³/mol. The fourth-order valence-electron chi connectivity index (χ4n) is 8.64. The van der Waals surface area contributed by atoms with E-state index in [1.54, 1.807) is 34.6 Å². The van der Waals surface area contributed by atoms with Gasteiger partial charge >= 0.3 is 0 Å². The molecule has 0 bridgehead atoms. The predicted octanol–water partition coefficient (Wildman–Crippen LogP) is 4.92. The number of aliphatic hydroxyl groups excluding tert-OH is 1. The van der Waals surface area contributed by atoms with Crippen molar-refractivity contribution in [3.8, 4) is 11.1 Å². The van der Waals surface area contributed by atoms with E-state index in [2.05, 4.69) is 16.0 Å². The molecule has 8 rings (SSSR count). The van der Waals surface area contributed by atoms with E-state index in [-0.39, 0.29) is 54.0 Å². The zero-order valence-electron chi connectivity index (χ0n) is 30.5. The van der Waals surface area contributed by atoms with Crippen molar-refractivity contribution in [2.45, 2.75) is 75.0 Å². The van der Waals surface area contributed by atoms with Crippen LogP contribution in [0.5, 0.6) is 0 Å². The Morgan fingerprint density at radius 2 is 1.73 bits per heavy atom. The number of aliphatic hydroxyl groups is 1. The topological polar surface area (TPSA) is 165 Å². The standard InChI is InChI=1S/C42H43N5O7S/c1-25-11-14-30(15-12-25)55(53,54)47-20-19-32-36(24-48)44-35-16-13-28(22-33(35)40(32)47)27-7-2-8-29(21-27)43-38(49)10-4-6-26-5-3-9-31-34(26)23-46(42(31)52)37-17-18-39(50)45-41(37)51/h2-3,5,7-9,11-16,21-22,32,36-37,40,44,48H,4,6,10,17-20,23-24H2,1H3,(H,43,49)(H,45,50,51)/t32-,36+,37?,40-/m1/s1. The summed E-state index contributed by atoms with van der Waals surface area (Å²) in [7, 11) is -3.81. The molecule has 4 heterocycles. The van der Waals surface area contributed by atoms with Crippen LogP contribution in [0.1, 0.15) is 70.8 Å². The van der Waals surface area contributed by atoms with Crippen LogP contribution in [0.3, 0.4) is 0 Å². The van der Waals surface area contributed by atoms with Gasteiger partial charge in [0.25, 0.3) is 5.91 Å². The van der Waals surface area contributed by atoms with Crippen molar-refractivity contribution in [3.63, 3.8) is 0 Å². The number of piperidine rings is 1. The van der Waals surface area contributed by atoms with Crippen LogP contribution in [0.2, 0.25) is 0 Å². The number of hydrogen-bond acceptors (Lipinski definition) is 8. The lowest BCUT2D eigenvalue weighted by molar-refractivity contribution is -0.137. The summed E-state index contributed by atoms with van der Waals surface area (Å²) < 4.78 is 29.6. The molecule has 4 aromatic carbocycles.